The van der Waals surface area contributed by atoms with Crippen LogP contribution in [0.4, 0.5) is 10.8 Å². The summed E-state index contributed by atoms with van der Waals surface area (Å²) in [6, 6.07) is 13.1. The van der Waals surface area contributed by atoms with Gasteiger partial charge in [0, 0.05) is 5.69 Å². The Hall–Kier alpha value is -3.88. The van der Waals surface area contributed by atoms with Crippen LogP contribution < -0.4 is 10.0 Å². The van der Waals surface area contributed by atoms with E-state index in [-0.39, 0.29) is 15.9 Å². The van der Waals surface area contributed by atoms with Gasteiger partial charge in [-0.05, 0) is 61.9 Å². The Labute approximate surface area is 226 Å². The average Bonchev–Trinajstić information content (AvgIpc) is 3.70. The molecule has 0 aliphatic rings. The van der Waals surface area contributed by atoms with Gasteiger partial charge in [0.05, 0.1) is 22.7 Å². The van der Waals surface area contributed by atoms with Crippen LogP contribution in [0.5, 0.6) is 0 Å². The van der Waals surface area contributed by atoms with E-state index in [1.165, 1.54) is 36.0 Å². The van der Waals surface area contributed by atoms with E-state index >= 15 is 0 Å². The molecule has 5 rings (SSSR count). The number of hydrogen-bond acceptors (Lipinski definition) is 10. The summed E-state index contributed by atoms with van der Waals surface area (Å²) in [6.45, 7) is 3.63. The predicted molar refractivity (Wildman–Crippen MR) is 144 cm³/mol. The fraction of sp³-hybridized carbons (Fsp3) is 0.167. The summed E-state index contributed by atoms with van der Waals surface area (Å²) in [4.78, 5) is 21.0. The molecule has 0 aliphatic carbocycles. The predicted octanol–water partition coefficient (Wildman–Crippen LogP) is 5.40. The Morgan fingerprint density at radius 2 is 1.79 bits per heavy atom. The van der Waals surface area contributed by atoms with E-state index in [1.807, 2.05) is 13.0 Å². The van der Waals surface area contributed by atoms with Crippen LogP contribution in [0.1, 0.15) is 18.4 Å². The van der Waals surface area contributed by atoms with Gasteiger partial charge >= 0.3 is 0 Å². The van der Waals surface area contributed by atoms with E-state index in [9.17, 15) is 13.2 Å². The van der Waals surface area contributed by atoms with Crippen molar-refractivity contribution >= 4 is 49.8 Å². The average molecular weight is 571 g/mol. The van der Waals surface area contributed by atoms with Crippen molar-refractivity contribution in [2.24, 2.45) is 0 Å². The number of benzene rings is 1. The highest BCUT2D eigenvalue weighted by Gasteiger charge is 2.24. The highest BCUT2D eigenvalue weighted by molar-refractivity contribution is 8.00. The van der Waals surface area contributed by atoms with Crippen LogP contribution in [0, 0.1) is 6.92 Å². The molecule has 4 heterocycles. The van der Waals surface area contributed by atoms with E-state index in [2.05, 4.69) is 30.2 Å². The first-order valence-electron chi connectivity index (χ1n) is 11.4. The molecule has 1 amide bonds. The molecular weight excluding hydrogens is 549 g/mol. The van der Waals surface area contributed by atoms with E-state index in [1.54, 1.807) is 37.6 Å². The number of furan rings is 2. The summed E-state index contributed by atoms with van der Waals surface area (Å²) in [5.74, 6) is 0.924. The number of carbonyl (C=O) groups is 1. The molecule has 38 heavy (non-hydrogen) atoms. The monoisotopic (exact) mass is 570 g/mol. The van der Waals surface area contributed by atoms with Crippen molar-refractivity contribution in [3.05, 3.63) is 66.1 Å². The SMILES string of the molecule is CCC(Sc1nc(-c2ccco2)c(-c2ccco2)[nH]1)C(=O)Nc1ccc(S(=O)(=O)Nc2nnc(C)s2)cc1. The molecule has 1 aromatic carbocycles. The normalized spacial score (nSPS) is 12.4. The molecular formula is C24H22N6O5S3. The third kappa shape index (κ3) is 5.66. The summed E-state index contributed by atoms with van der Waals surface area (Å²) >= 11 is 2.41. The van der Waals surface area contributed by atoms with Crippen molar-refractivity contribution in [2.75, 3.05) is 10.0 Å². The standard InChI is InChI=1S/C24H22N6O5S3/c1-3-19(37-23-26-20(17-6-4-12-34-17)21(27-23)18-7-5-13-35-18)22(31)25-15-8-10-16(11-9-15)38(32,33)30-24-29-28-14(2)36-24/h4-13,19H,3H2,1-2H3,(H,25,31)(H,26,27)(H,29,30). The van der Waals surface area contributed by atoms with Crippen molar-refractivity contribution in [3.63, 3.8) is 0 Å². The number of sulfonamides is 1. The Balaban J connectivity index is 1.28. The lowest BCUT2D eigenvalue weighted by Crippen LogP contribution is -2.24. The first-order valence-corrected chi connectivity index (χ1v) is 14.6. The van der Waals surface area contributed by atoms with Crippen LogP contribution in [0.3, 0.4) is 0 Å². The van der Waals surface area contributed by atoms with Crippen LogP contribution in [-0.2, 0) is 14.8 Å². The van der Waals surface area contributed by atoms with Crippen molar-refractivity contribution < 1.29 is 22.0 Å². The number of amides is 1. The van der Waals surface area contributed by atoms with Crippen LogP contribution in [0.2, 0.25) is 0 Å². The van der Waals surface area contributed by atoms with E-state index in [4.69, 9.17) is 8.83 Å². The largest absolute Gasteiger partial charge is 0.463 e. The Kier molecular flexibility index (Phi) is 7.35. The molecule has 3 N–H and O–H groups in total. The van der Waals surface area contributed by atoms with Crippen LogP contribution in [0.15, 0.2) is 79.9 Å². The van der Waals surface area contributed by atoms with Gasteiger partial charge in [-0.1, -0.05) is 30.0 Å². The molecule has 14 heteroatoms. The minimum atomic E-state index is -3.83. The van der Waals surface area contributed by atoms with Gasteiger partial charge in [-0.15, -0.1) is 10.2 Å². The smallest absolute Gasteiger partial charge is 0.263 e. The topological polar surface area (TPSA) is 156 Å². The number of carbonyl (C=O) groups excluding carboxylic acids is 1. The second-order valence-electron chi connectivity index (χ2n) is 7.98. The Morgan fingerprint density at radius 3 is 2.39 bits per heavy atom. The lowest BCUT2D eigenvalue weighted by Gasteiger charge is -2.13. The number of nitrogens with one attached hydrogen (secondary N) is 3. The van der Waals surface area contributed by atoms with Crippen LogP contribution >= 0.6 is 23.1 Å². The molecule has 5 aromatic rings. The van der Waals surface area contributed by atoms with Gasteiger partial charge in [-0.3, -0.25) is 9.52 Å². The zero-order chi connectivity index (χ0) is 26.7. The number of rotatable bonds is 10. The molecule has 0 spiro atoms. The van der Waals surface area contributed by atoms with Gasteiger partial charge in [-0.2, -0.15) is 0 Å². The first kappa shape index (κ1) is 25.8. The highest BCUT2D eigenvalue weighted by Crippen LogP contribution is 2.35. The molecule has 0 saturated heterocycles. The number of anilines is 2. The molecule has 1 unspecified atom stereocenters. The Morgan fingerprint density at radius 1 is 1.08 bits per heavy atom. The minimum absolute atomic E-state index is 0.0382. The van der Waals surface area contributed by atoms with Gasteiger partial charge < -0.3 is 19.1 Å². The zero-order valence-corrected chi connectivity index (χ0v) is 22.6. The maximum atomic E-state index is 13.1. The van der Waals surface area contributed by atoms with E-state index < -0.39 is 15.3 Å². The Bertz CT molecular complexity index is 1570. The van der Waals surface area contributed by atoms with Crippen molar-refractivity contribution in [1.82, 2.24) is 20.2 Å². The number of H-pyrrole nitrogens is 1. The molecule has 11 nitrogen and oxygen atoms in total. The summed E-state index contributed by atoms with van der Waals surface area (Å²) in [5.41, 5.74) is 1.69. The van der Waals surface area contributed by atoms with Gasteiger partial charge in [0.1, 0.15) is 16.4 Å². The summed E-state index contributed by atoms with van der Waals surface area (Å²) in [5, 5.41) is 11.3. The first-order chi connectivity index (χ1) is 18.3. The maximum absolute atomic E-state index is 13.1. The minimum Gasteiger partial charge on any atom is -0.463 e. The van der Waals surface area contributed by atoms with Crippen molar-refractivity contribution in [3.8, 4) is 22.9 Å². The lowest BCUT2D eigenvalue weighted by atomic mass is 10.2. The molecule has 196 valence electrons. The number of thioether (sulfide) groups is 1. The lowest BCUT2D eigenvalue weighted by molar-refractivity contribution is -0.115. The quantitative estimate of drug-likeness (QED) is 0.187. The molecule has 0 fully saturated rings. The van der Waals surface area contributed by atoms with E-state index in [0.29, 0.717) is 45.2 Å². The van der Waals surface area contributed by atoms with Gasteiger partial charge in [0.15, 0.2) is 16.7 Å². The van der Waals surface area contributed by atoms with Gasteiger partial charge in [0.2, 0.25) is 11.0 Å². The number of aryl methyl sites for hydroxylation is 1. The number of hydrogen-bond donors (Lipinski definition) is 3. The second-order valence-corrected chi connectivity index (χ2v) is 12.0. The second kappa shape index (κ2) is 10.8. The zero-order valence-electron chi connectivity index (χ0n) is 20.2. The number of aromatic nitrogens is 4. The van der Waals surface area contributed by atoms with Crippen molar-refractivity contribution in [1.29, 1.82) is 0 Å². The fourth-order valence-electron chi connectivity index (χ4n) is 3.51. The third-order valence-electron chi connectivity index (χ3n) is 5.30. The fourth-order valence-corrected chi connectivity index (χ4v) is 6.24. The number of nitrogens with zero attached hydrogens (tertiary/aromatic N) is 3. The highest BCUT2D eigenvalue weighted by atomic mass is 32.2. The van der Waals surface area contributed by atoms with E-state index in [0.717, 1.165) is 11.3 Å². The third-order valence-corrected chi connectivity index (χ3v) is 8.79. The molecule has 0 radical (unpaired) electrons. The molecule has 0 bridgehead atoms. The van der Waals surface area contributed by atoms with Crippen LogP contribution in [0.25, 0.3) is 22.9 Å². The van der Waals surface area contributed by atoms with Crippen molar-refractivity contribution in [2.45, 2.75) is 35.6 Å². The molecule has 0 aliphatic heterocycles. The van der Waals surface area contributed by atoms with Crippen LogP contribution in [-0.4, -0.2) is 39.7 Å². The number of imidazole rings is 1. The summed E-state index contributed by atoms with van der Waals surface area (Å²) < 4.78 is 38.7. The molecule has 4 aromatic heterocycles. The molecule has 0 saturated carbocycles. The maximum Gasteiger partial charge on any atom is 0.263 e. The summed E-state index contributed by atoms with van der Waals surface area (Å²) in [7, 11) is -3.83. The van der Waals surface area contributed by atoms with Gasteiger partial charge in [-0.25, -0.2) is 13.4 Å². The van der Waals surface area contributed by atoms with Gasteiger partial charge in [0.25, 0.3) is 10.0 Å². The number of aromatic amines is 1. The summed E-state index contributed by atoms with van der Waals surface area (Å²) in [6.07, 6.45) is 3.66. The molecule has 1 atom stereocenters.